The van der Waals surface area contributed by atoms with Gasteiger partial charge in [-0.25, -0.2) is 4.39 Å². The number of fused-ring (bicyclic) bond motifs is 1. The Kier molecular flexibility index (Phi) is 8.24. The summed E-state index contributed by atoms with van der Waals surface area (Å²) in [6.45, 7) is 0.689. The number of aromatic nitrogens is 2. The van der Waals surface area contributed by atoms with Crippen molar-refractivity contribution in [3.8, 4) is 11.5 Å². The van der Waals surface area contributed by atoms with Crippen molar-refractivity contribution >= 4 is 35.0 Å². The molecule has 180 valence electrons. The average Bonchev–Trinajstić information content (AvgIpc) is 3.16. The minimum absolute atomic E-state index is 0.217. The van der Waals surface area contributed by atoms with E-state index in [4.69, 9.17) is 4.74 Å². The summed E-state index contributed by atoms with van der Waals surface area (Å²) in [4.78, 5) is 8.23. The lowest BCUT2D eigenvalue weighted by Crippen LogP contribution is -2.17. The molecule has 0 fully saturated rings. The molecule has 0 aliphatic heterocycles. The number of aromatic amines is 1. The van der Waals surface area contributed by atoms with Crippen LogP contribution < -0.4 is 20.1 Å². The molecular weight excluding hydrogens is 472 g/mol. The molecule has 34 heavy (non-hydrogen) atoms. The molecule has 11 heteroatoms. The topological polar surface area (TPSA) is 71.2 Å². The number of thiol groups is 1. The Bertz CT molecular complexity index is 1230. The van der Waals surface area contributed by atoms with Gasteiger partial charge in [0.1, 0.15) is 17.3 Å². The number of rotatable bonds is 6. The monoisotopic (exact) mass is 494 g/mol. The fourth-order valence-electron chi connectivity index (χ4n) is 3.06. The fraction of sp³-hybridized carbons (Fsp3) is 0.174. The van der Waals surface area contributed by atoms with Gasteiger partial charge in [-0.2, -0.15) is 0 Å². The van der Waals surface area contributed by atoms with Crippen LogP contribution in [0.5, 0.6) is 11.5 Å². The van der Waals surface area contributed by atoms with Gasteiger partial charge in [0.05, 0.1) is 35.7 Å². The first-order valence-electron chi connectivity index (χ1n) is 9.94. The maximum atomic E-state index is 12.3. The zero-order valence-corrected chi connectivity index (χ0v) is 19.1. The number of halogens is 4. The molecule has 0 spiro atoms. The number of nitrogens with zero attached hydrogens (tertiary/aromatic N) is 1. The second kappa shape index (κ2) is 11.1. The maximum Gasteiger partial charge on any atom is 0.573 e. The van der Waals surface area contributed by atoms with Gasteiger partial charge in [0.25, 0.3) is 0 Å². The molecule has 4 aromatic rings. The number of hydrogen-bond donors (Lipinski definition) is 4. The number of hydrogen-bond acceptors (Lipinski definition) is 6. The molecule has 6 nitrogen and oxygen atoms in total. The van der Waals surface area contributed by atoms with E-state index in [0.717, 1.165) is 16.6 Å². The first-order chi connectivity index (χ1) is 16.2. The third kappa shape index (κ3) is 7.03. The summed E-state index contributed by atoms with van der Waals surface area (Å²) in [7, 11) is 3.22. The highest BCUT2D eigenvalue weighted by Gasteiger charge is 2.31. The van der Waals surface area contributed by atoms with Crippen molar-refractivity contribution in [3.05, 3.63) is 72.3 Å². The zero-order chi connectivity index (χ0) is 24.7. The number of anilines is 2. The zero-order valence-electron chi connectivity index (χ0n) is 18.2. The van der Waals surface area contributed by atoms with Crippen LogP contribution in [0.1, 0.15) is 5.56 Å². The number of pyridine rings is 1. The number of H-pyrrole nitrogens is 1. The second-order valence-corrected chi connectivity index (χ2v) is 7.50. The molecule has 0 aliphatic carbocycles. The lowest BCUT2D eigenvalue weighted by atomic mass is 10.2. The Hall–Kier alpha value is -3.44. The first kappa shape index (κ1) is 25.2. The molecule has 0 unspecified atom stereocenters. The van der Waals surface area contributed by atoms with Crippen molar-refractivity contribution < 1.29 is 27.0 Å². The molecule has 0 radical (unpaired) electrons. The van der Waals surface area contributed by atoms with Gasteiger partial charge >= 0.3 is 6.36 Å². The van der Waals surface area contributed by atoms with Crippen molar-refractivity contribution in [1.82, 2.24) is 15.3 Å². The maximum absolute atomic E-state index is 12.3. The molecule has 0 saturated heterocycles. The quantitative estimate of drug-likeness (QED) is 0.194. The van der Waals surface area contributed by atoms with Crippen molar-refractivity contribution in [2.24, 2.45) is 0 Å². The van der Waals surface area contributed by atoms with Crippen LogP contribution in [0.15, 0.2) is 65.8 Å². The standard InChI is InChI=1S/C17H17F3N4O2.C6H5FS/c1-21-7-10-8-22-14-5-11(9-23-16(10)14)24-13-4-3-12(6-15(13)25-2)26-17(18,19)20;7-5-2-1-3-6(8)4-5/h3-6,8-9,21-22,24H,7H2,1-2H3;1-4,8H. The predicted octanol–water partition coefficient (Wildman–Crippen LogP) is 6.05. The Morgan fingerprint density at radius 2 is 1.91 bits per heavy atom. The van der Waals surface area contributed by atoms with E-state index >= 15 is 0 Å². The summed E-state index contributed by atoms with van der Waals surface area (Å²) in [6, 6.07) is 11.8. The van der Waals surface area contributed by atoms with Gasteiger partial charge in [-0.05, 0) is 43.4 Å². The molecule has 0 bridgehead atoms. The third-order valence-electron chi connectivity index (χ3n) is 4.45. The van der Waals surface area contributed by atoms with Crippen LogP contribution in [0.2, 0.25) is 0 Å². The molecular formula is C23H22F4N4O2S. The van der Waals surface area contributed by atoms with Crippen LogP contribution in [0.25, 0.3) is 11.0 Å². The number of ether oxygens (including phenoxy) is 2. The highest BCUT2D eigenvalue weighted by Crippen LogP contribution is 2.34. The van der Waals surface area contributed by atoms with Crippen molar-refractivity contribution in [2.45, 2.75) is 17.8 Å². The van der Waals surface area contributed by atoms with Gasteiger partial charge in [-0.1, -0.05) is 6.07 Å². The van der Waals surface area contributed by atoms with Gasteiger partial charge in [0.15, 0.2) is 0 Å². The largest absolute Gasteiger partial charge is 0.573 e. The summed E-state index contributed by atoms with van der Waals surface area (Å²) in [5, 5.41) is 6.16. The van der Waals surface area contributed by atoms with Crippen molar-refractivity contribution in [2.75, 3.05) is 19.5 Å². The van der Waals surface area contributed by atoms with Crippen LogP contribution in [-0.2, 0) is 6.54 Å². The summed E-state index contributed by atoms with van der Waals surface area (Å²) < 4.78 is 58.2. The summed E-state index contributed by atoms with van der Waals surface area (Å²) in [6.07, 6.45) is -1.23. The molecule has 4 rings (SSSR count). The van der Waals surface area contributed by atoms with Crippen molar-refractivity contribution in [3.63, 3.8) is 0 Å². The van der Waals surface area contributed by atoms with E-state index in [2.05, 4.69) is 38.0 Å². The normalized spacial score (nSPS) is 11.0. The highest BCUT2D eigenvalue weighted by molar-refractivity contribution is 7.80. The van der Waals surface area contributed by atoms with Crippen LogP contribution >= 0.6 is 12.6 Å². The first-order valence-corrected chi connectivity index (χ1v) is 10.4. The molecule has 0 aliphatic rings. The van der Waals surface area contributed by atoms with Gasteiger partial charge in [0, 0.05) is 29.3 Å². The Morgan fingerprint density at radius 1 is 1.12 bits per heavy atom. The van der Waals surface area contributed by atoms with E-state index in [0.29, 0.717) is 22.8 Å². The SMILES string of the molecule is CNCc1c[nH]c2cc(Nc3ccc(OC(F)(F)F)cc3OC)cnc12.Fc1cccc(S)c1. The molecule has 2 aromatic heterocycles. The second-order valence-electron chi connectivity index (χ2n) is 6.98. The summed E-state index contributed by atoms with van der Waals surface area (Å²) in [5.41, 5.74) is 3.89. The van der Waals surface area contributed by atoms with Gasteiger partial charge in [-0.15, -0.1) is 25.8 Å². The van der Waals surface area contributed by atoms with Crippen LogP contribution in [0.4, 0.5) is 28.9 Å². The van der Waals surface area contributed by atoms with E-state index in [-0.39, 0.29) is 17.3 Å². The lowest BCUT2D eigenvalue weighted by Gasteiger charge is -2.14. The average molecular weight is 495 g/mol. The molecule has 2 heterocycles. The molecule has 0 amide bonds. The van der Waals surface area contributed by atoms with Crippen LogP contribution in [0, 0.1) is 5.82 Å². The Morgan fingerprint density at radius 3 is 2.53 bits per heavy atom. The Labute approximate surface area is 198 Å². The predicted molar refractivity (Wildman–Crippen MR) is 125 cm³/mol. The number of methoxy groups -OCH3 is 1. The van der Waals surface area contributed by atoms with Crippen LogP contribution in [0.3, 0.4) is 0 Å². The minimum Gasteiger partial charge on any atom is -0.494 e. The molecule has 0 atom stereocenters. The van der Waals surface area contributed by atoms with E-state index in [1.165, 1.54) is 37.4 Å². The number of nitrogens with one attached hydrogen (secondary N) is 3. The number of alkyl halides is 3. The highest BCUT2D eigenvalue weighted by atomic mass is 32.1. The van der Waals surface area contributed by atoms with Gasteiger partial charge < -0.3 is 25.1 Å². The Balaban J connectivity index is 0.000000343. The molecule has 2 aromatic carbocycles. The summed E-state index contributed by atoms with van der Waals surface area (Å²) >= 11 is 3.91. The van der Waals surface area contributed by atoms with E-state index < -0.39 is 6.36 Å². The minimum atomic E-state index is -4.76. The van der Waals surface area contributed by atoms with Gasteiger partial charge in [0.2, 0.25) is 0 Å². The van der Waals surface area contributed by atoms with E-state index in [9.17, 15) is 17.6 Å². The van der Waals surface area contributed by atoms with Crippen molar-refractivity contribution in [1.29, 1.82) is 0 Å². The third-order valence-corrected chi connectivity index (χ3v) is 4.73. The van der Waals surface area contributed by atoms with E-state index in [1.807, 2.05) is 19.3 Å². The van der Waals surface area contributed by atoms with E-state index in [1.54, 1.807) is 18.3 Å². The smallest absolute Gasteiger partial charge is 0.494 e. The number of benzene rings is 2. The summed E-state index contributed by atoms with van der Waals surface area (Å²) in [5.74, 6) is -0.374. The fourth-order valence-corrected chi connectivity index (χ4v) is 3.27. The molecule has 0 saturated carbocycles. The molecule has 3 N–H and O–H groups in total. The lowest BCUT2D eigenvalue weighted by molar-refractivity contribution is -0.274. The van der Waals surface area contributed by atoms with Crippen LogP contribution in [-0.4, -0.2) is 30.5 Å². The van der Waals surface area contributed by atoms with Gasteiger partial charge in [-0.3, -0.25) is 4.98 Å².